The van der Waals surface area contributed by atoms with Gasteiger partial charge in [0.25, 0.3) is 5.91 Å². The summed E-state index contributed by atoms with van der Waals surface area (Å²) in [6.45, 7) is 3.29. The molecule has 0 aromatic heterocycles. The Bertz CT molecular complexity index is 1040. The van der Waals surface area contributed by atoms with E-state index in [-0.39, 0.29) is 10.8 Å². The fourth-order valence-corrected chi connectivity index (χ4v) is 5.43. The van der Waals surface area contributed by atoms with Crippen LogP contribution in [0.2, 0.25) is 0 Å². The Labute approximate surface area is 190 Å². The number of rotatable bonds is 8. The molecule has 0 bridgehead atoms. The lowest BCUT2D eigenvalue weighted by Gasteiger charge is -2.20. The molecule has 2 aromatic carbocycles. The van der Waals surface area contributed by atoms with Gasteiger partial charge in [-0.25, -0.2) is 8.42 Å². The molecule has 7 nitrogen and oxygen atoms in total. The lowest BCUT2D eigenvalue weighted by atomic mass is 10.1. The van der Waals surface area contributed by atoms with Crippen molar-refractivity contribution in [3.63, 3.8) is 0 Å². The minimum atomic E-state index is -3.61. The molecule has 1 aliphatic rings. The molecule has 1 fully saturated rings. The minimum absolute atomic E-state index is 0.176. The SMILES string of the molecule is COc1ccc(CCNC(=O)c2cc(S(=O)(=O)N3CCCCCC3)ccc2C)cc1OC. The number of sulfonamides is 1. The second-order valence-corrected chi connectivity index (χ2v) is 9.93. The lowest BCUT2D eigenvalue weighted by Crippen LogP contribution is -2.32. The largest absolute Gasteiger partial charge is 0.493 e. The fraction of sp³-hybridized carbons (Fsp3) is 0.458. The Kier molecular flexibility index (Phi) is 8.15. The van der Waals surface area contributed by atoms with Crippen LogP contribution in [-0.4, -0.2) is 52.5 Å². The Hall–Kier alpha value is -2.58. The van der Waals surface area contributed by atoms with Crippen LogP contribution in [0.4, 0.5) is 0 Å². The van der Waals surface area contributed by atoms with E-state index in [0.29, 0.717) is 43.1 Å². The summed E-state index contributed by atoms with van der Waals surface area (Å²) < 4.78 is 38.3. The Morgan fingerprint density at radius 1 is 0.969 bits per heavy atom. The highest BCUT2D eigenvalue weighted by Gasteiger charge is 2.26. The van der Waals surface area contributed by atoms with Crippen molar-refractivity contribution in [1.29, 1.82) is 0 Å². The highest BCUT2D eigenvalue weighted by molar-refractivity contribution is 7.89. The molecule has 1 N–H and O–H groups in total. The molecule has 1 aliphatic heterocycles. The number of nitrogens with zero attached hydrogens (tertiary/aromatic N) is 1. The number of hydrogen-bond acceptors (Lipinski definition) is 5. The van der Waals surface area contributed by atoms with E-state index in [1.807, 2.05) is 25.1 Å². The Morgan fingerprint density at radius 2 is 1.66 bits per heavy atom. The van der Waals surface area contributed by atoms with Crippen LogP contribution in [0.15, 0.2) is 41.3 Å². The summed E-state index contributed by atoms with van der Waals surface area (Å²) in [5.41, 5.74) is 2.12. The van der Waals surface area contributed by atoms with Gasteiger partial charge in [0.1, 0.15) is 0 Å². The lowest BCUT2D eigenvalue weighted by molar-refractivity contribution is 0.0953. The van der Waals surface area contributed by atoms with Crippen LogP contribution in [-0.2, 0) is 16.4 Å². The molecule has 174 valence electrons. The van der Waals surface area contributed by atoms with Crippen LogP contribution in [0, 0.1) is 6.92 Å². The number of benzene rings is 2. The van der Waals surface area contributed by atoms with Gasteiger partial charge in [-0.15, -0.1) is 0 Å². The van der Waals surface area contributed by atoms with E-state index in [0.717, 1.165) is 36.8 Å². The average Bonchev–Trinajstić information content (AvgIpc) is 3.09. The molecule has 3 rings (SSSR count). The van der Waals surface area contributed by atoms with E-state index >= 15 is 0 Å². The van der Waals surface area contributed by atoms with E-state index in [9.17, 15) is 13.2 Å². The normalized spacial score (nSPS) is 15.1. The molecule has 0 spiro atoms. The van der Waals surface area contributed by atoms with Crippen molar-refractivity contribution < 1.29 is 22.7 Å². The summed E-state index contributed by atoms with van der Waals surface area (Å²) >= 11 is 0. The van der Waals surface area contributed by atoms with Gasteiger partial charge < -0.3 is 14.8 Å². The van der Waals surface area contributed by atoms with Crippen molar-refractivity contribution in [2.45, 2.75) is 43.9 Å². The molecule has 0 unspecified atom stereocenters. The van der Waals surface area contributed by atoms with Crippen molar-refractivity contribution in [2.75, 3.05) is 33.9 Å². The first-order valence-corrected chi connectivity index (χ1v) is 12.4. The van der Waals surface area contributed by atoms with E-state index in [4.69, 9.17) is 9.47 Å². The molecule has 1 heterocycles. The van der Waals surface area contributed by atoms with E-state index in [2.05, 4.69) is 5.32 Å². The van der Waals surface area contributed by atoms with Gasteiger partial charge in [-0.2, -0.15) is 4.31 Å². The molecule has 2 aromatic rings. The predicted molar refractivity (Wildman–Crippen MR) is 124 cm³/mol. The van der Waals surface area contributed by atoms with Gasteiger partial charge in [0.2, 0.25) is 10.0 Å². The van der Waals surface area contributed by atoms with E-state index in [1.54, 1.807) is 30.7 Å². The summed E-state index contributed by atoms with van der Waals surface area (Å²) in [6, 6.07) is 10.4. The topological polar surface area (TPSA) is 84.9 Å². The van der Waals surface area contributed by atoms with Crippen molar-refractivity contribution in [1.82, 2.24) is 9.62 Å². The highest BCUT2D eigenvalue weighted by Crippen LogP contribution is 2.27. The molecule has 0 atom stereocenters. The summed E-state index contributed by atoms with van der Waals surface area (Å²) in [4.78, 5) is 13.0. The third kappa shape index (κ3) is 5.61. The van der Waals surface area contributed by atoms with E-state index in [1.165, 1.54) is 6.07 Å². The maximum atomic E-state index is 13.1. The fourth-order valence-electron chi connectivity index (χ4n) is 3.89. The van der Waals surface area contributed by atoms with Crippen molar-refractivity contribution >= 4 is 15.9 Å². The number of hydrogen-bond donors (Lipinski definition) is 1. The van der Waals surface area contributed by atoms with Crippen LogP contribution in [0.25, 0.3) is 0 Å². The second kappa shape index (κ2) is 10.8. The summed E-state index contributed by atoms with van der Waals surface area (Å²) in [7, 11) is -0.442. The second-order valence-electron chi connectivity index (χ2n) is 7.99. The number of aryl methyl sites for hydroxylation is 1. The van der Waals surface area contributed by atoms with Gasteiger partial charge in [-0.1, -0.05) is 25.0 Å². The van der Waals surface area contributed by atoms with Crippen LogP contribution in [0.3, 0.4) is 0 Å². The maximum Gasteiger partial charge on any atom is 0.251 e. The molecule has 0 radical (unpaired) electrons. The average molecular weight is 461 g/mol. The molecular weight excluding hydrogens is 428 g/mol. The van der Waals surface area contributed by atoms with Gasteiger partial charge in [0, 0.05) is 25.2 Å². The minimum Gasteiger partial charge on any atom is -0.493 e. The number of amides is 1. The monoisotopic (exact) mass is 460 g/mol. The third-order valence-corrected chi connectivity index (χ3v) is 7.70. The maximum absolute atomic E-state index is 13.1. The molecule has 0 saturated carbocycles. The van der Waals surface area contributed by atoms with Crippen LogP contribution >= 0.6 is 0 Å². The third-order valence-electron chi connectivity index (χ3n) is 5.80. The number of carbonyl (C=O) groups excluding carboxylic acids is 1. The van der Waals surface area contributed by atoms with Gasteiger partial charge in [-0.05, 0) is 61.6 Å². The zero-order valence-corrected chi connectivity index (χ0v) is 19.8. The molecule has 32 heavy (non-hydrogen) atoms. The Morgan fingerprint density at radius 3 is 2.31 bits per heavy atom. The first-order chi connectivity index (χ1) is 15.4. The van der Waals surface area contributed by atoms with Gasteiger partial charge in [-0.3, -0.25) is 4.79 Å². The van der Waals surface area contributed by atoms with Gasteiger partial charge >= 0.3 is 0 Å². The summed E-state index contributed by atoms with van der Waals surface area (Å²) in [5.74, 6) is 1.01. The number of ether oxygens (including phenoxy) is 2. The van der Waals surface area contributed by atoms with Crippen LogP contribution in [0.5, 0.6) is 11.5 Å². The predicted octanol–water partition coefficient (Wildman–Crippen LogP) is 3.55. The molecule has 1 saturated heterocycles. The first-order valence-electron chi connectivity index (χ1n) is 11.0. The smallest absolute Gasteiger partial charge is 0.251 e. The number of carbonyl (C=O) groups is 1. The number of methoxy groups -OCH3 is 2. The van der Waals surface area contributed by atoms with Crippen molar-refractivity contribution in [3.8, 4) is 11.5 Å². The zero-order valence-electron chi connectivity index (χ0n) is 19.0. The quantitative estimate of drug-likeness (QED) is 0.651. The standard InChI is InChI=1S/C24H32N2O5S/c1-18-8-10-20(32(28,29)26-14-6-4-5-7-15-26)17-21(18)24(27)25-13-12-19-9-11-22(30-2)23(16-19)31-3/h8-11,16-17H,4-7,12-15H2,1-3H3,(H,25,27). The zero-order chi connectivity index (χ0) is 23.1. The summed E-state index contributed by atoms with van der Waals surface area (Å²) in [5, 5.41) is 2.90. The molecular formula is C24H32N2O5S. The van der Waals surface area contributed by atoms with Gasteiger partial charge in [0.15, 0.2) is 11.5 Å². The van der Waals surface area contributed by atoms with Crippen LogP contribution < -0.4 is 14.8 Å². The first kappa shape index (κ1) is 24.1. The van der Waals surface area contributed by atoms with Crippen molar-refractivity contribution in [2.24, 2.45) is 0 Å². The highest BCUT2D eigenvalue weighted by atomic mass is 32.2. The van der Waals surface area contributed by atoms with Crippen molar-refractivity contribution in [3.05, 3.63) is 53.1 Å². The molecule has 1 amide bonds. The number of nitrogens with one attached hydrogen (secondary N) is 1. The summed E-state index contributed by atoms with van der Waals surface area (Å²) in [6.07, 6.45) is 4.45. The Balaban J connectivity index is 1.69. The molecule has 8 heteroatoms. The molecule has 0 aliphatic carbocycles. The van der Waals surface area contributed by atoms with E-state index < -0.39 is 10.0 Å². The van der Waals surface area contributed by atoms with Gasteiger partial charge in [0.05, 0.1) is 19.1 Å². The van der Waals surface area contributed by atoms with Crippen LogP contribution in [0.1, 0.15) is 47.2 Å².